The molecule has 0 amide bonds. The van der Waals surface area contributed by atoms with Crippen molar-refractivity contribution < 1.29 is 14.6 Å². The van der Waals surface area contributed by atoms with Crippen molar-refractivity contribution in [1.29, 1.82) is 0 Å². The summed E-state index contributed by atoms with van der Waals surface area (Å²) in [5, 5.41) is 17.6. The third-order valence-corrected chi connectivity index (χ3v) is 5.35. The van der Waals surface area contributed by atoms with E-state index in [-0.39, 0.29) is 0 Å². The number of hydrogen-bond donors (Lipinski definition) is 3. The molecule has 2 heterocycles. The Hall–Kier alpha value is -0.930. The second-order valence-electron chi connectivity index (χ2n) is 8.42. The molecule has 2 aliphatic rings. The van der Waals surface area contributed by atoms with Gasteiger partial charge in [0.25, 0.3) is 0 Å². The molecule has 2 atom stereocenters. The molecule has 8 nitrogen and oxygen atoms in total. The van der Waals surface area contributed by atoms with Crippen LogP contribution in [-0.4, -0.2) is 111 Å². The minimum absolute atomic E-state index is 0.365. The zero-order chi connectivity index (χ0) is 20.4. The second kappa shape index (κ2) is 11.9. The monoisotopic (exact) mass is 399 g/mol. The van der Waals surface area contributed by atoms with Gasteiger partial charge in [0.15, 0.2) is 5.96 Å². The van der Waals surface area contributed by atoms with Crippen molar-refractivity contribution in [1.82, 2.24) is 20.4 Å². The van der Waals surface area contributed by atoms with Crippen LogP contribution in [0.5, 0.6) is 0 Å². The molecule has 0 bridgehead atoms. The van der Waals surface area contributed by atoms with E-state index in [1.807, 2.05) is 6.92 Å². The van der Waals surface area contributed by atoms with E-state index in [0.717, 1.165) is 71.7 Å². The molecule has 2 fully saturated rings. The highest BCUT2D eigenvalue weighted by atomic mass is 16.5. The Bertz CT molecular complexity index is 461. The first kappa shape index (κ1) is 23.3. The van der Waals surface area contributed by atoms with Gasteiger partial charge in [0.05, 0.1) is 38.6 Å². The van der Waals surface area contributed by atoms with Crippen LogP contribution >= 0.6 is 0 Å². The van der Waals surface area contributed by atoms with E-state index in [1.165, 1.54) is 0 Å². The Balaban J connectivity index is 1.88. The van der Waals surface area contributed by atoms with Gasteiger partial charge in [-0.05, 0) is 19.8 Å². The average Bonchev–Trinajstić information content (AvgIpc) is 2.67. The lowest BCUT2D eigenvalue weighted by Crippen LogP contribution is -2.53. The normalized spacial score (nSPS) is 23.4. The van der Waals surface area contributed by atoms with Crippen molar-refractivity contribution >= 4 is 5.96 Å². The summed E-state index contributed by atoms with van der Waals surface area (Å²) < 4.78 is 10.9. The van der Waals surface area contributed by atoms with E-state index in [0.29, 0.717) is 25.0 Å². The van der Waals surface area contributed by atoms with Crippen molar-refractivity contribution in [2.24, 2.45) is 10.9 Å². The number of ether oxygens (including phenoxy) is 2. The van der Waals surface area contributed by atoms with Crippen molar-refractivity contribution in [3.05, 3.63) is 0 Å². The summed E-state index contributed by atoms with van der Waals surface area (Å²) >= 11 is 0. The van der Waals surface area contributed by atoms with Gasteiger partial charge >= 0.3 is 0 Å². The molecular formula is C20H41N5O3. The number of aliphatic hydroxyl groups is 1. The molecule has 2 aliphatic heterocycles. The fraction of sp³-hybridized carbons (Fsp3) is 0.950. The van der Waals surface area contributed by atoms with Crippen molar-refractivity contribution in [3.63, 3.8) is 0 Å². The summed E-state index contributed by atoms with van der Waals surface area (Å²) in [7, 11) is 0. The molecule has 164 valence electrons. The molecule has 8 heteroatoms. The van der Waals surface area contributed by atoms with E-state index in [9.17, 15) is 5.11 Å². The number of rotatable bonds is 9. The summed E-state index contributed by atoms with van der Waals surface area (Å²) in [5.41, 5.74) is -0.860. The van der Waals surface area contributed by atoms with Crippen LogP contribution in [0, 0.1) is 5.92 Å². The van der Waals surface area contributed by atoms with E-state index in [2.05, 4.69) is 46.2 Å². The van der Waals surface area contributed by atoms with Crippen LogP contribution < -0.4 is 10.6 Å². The lowest BCUT2D eigenvalue weighted by atomic mass is 10.0. The molecule has 0 aromatic carbocycles. The SMILES string of the molecule is CCNC(=NCC(C)(O)CN1CCOCC1)NCC(C(C)C)N1CCOCC1. The second-order valence-corrected chi connectivity index (χ2v) is 8.42. The molecule has 3 N–H and O–H groups in total. The number of β-amino-alcohol motifs (C(OH)–C–C–N with tert-alkyl or cyclic N) is 1. The molecule has 28 heavy (non-hydrogen) atoms. The first-order valence-corrected chi connectivity index (χ1v) is 10.8. The Morgan fingerprint density at radius 3 is 2.25 bits per heavy atom. The van der Waals surface area contributed by atoms with Crippen LogP contribution in [0.25, 0.3) is 0 Å². The first-order chi connectivity index (χ1) is 13.4. The topological polar surface area (TPSA) is 81.6 Å². The van der Waals surface area contributed by atoms with Crippen molar-refractivity contribution in [2.45, 2.75) is 39.3 Å². The highest BCUT2D eigenvalue weighted by Gasteiger charge is 2.26. The maximum atomic E-state index is 10.8. The number of nitrogens with zero attached hydrogens (tertiary/aromatic N) is 3. The highest BCUT2D eigenvalue weighted by Crippen LogP contribution is 2.12. The number of aliphatic imine (C=N–C) groups is 1. The van der Waals surface area contributed by atoms with Gasteiger partial charge < -0.3 is 25.2 Å². The van der Waals surface area contributed by atoms with Gasteiger partial charge in [0, 0.05) is 51.9 Å². The standard InChI is InChI=1S/C20H41N5O3/c1-5-21-19(22-14-18(17(2)3)25-8-12-28-13-9-25)23-15-20(4,26)16-24-6-10-27-11-7-24/h17-18,26H,5-16H2,1-4H3,(H2,21,22,23). The van der Waals surface area contributed by atoms with Crippen LogP contribution in [0.15, 0.2) is 4.99 Å². The summed E-state index contributed by atoms with van der Waals surface area (Å²) in [4.78, 5) is 9.41. The Morgan fingerprint density at radius 2 is 1.68 bits per heavy atom. The third-order valence-electron chi connectivity index (χ3n) is 5.35. The molecular weight excluding hydrogens is 358 g/mol. The van der Waals surface area contributed by atoms with Crippen LogP contribution in [-0.2, 0) is 9.47 Å². The van der Waals surface area contributed by atoms with E-state index in [1.54, 1.807) is 0 Å². The molecule has 2 unspecified atom stereocenters. The summed E-state index contributed by atoms with van der Waals surface area (Å²) in [6.07, 6.45) is 0. The molecule has 2 saturated heterocycles. The van der Waals surface area contributed by atoms with Crippen LogP contribution in [0.4, 0.5) is 0 Å². The van der Waals surface area contributed by atoms with Gasteiger partial charge in [0.2, 0.25) is 0 Å². The van der Waals surface area contributed by atoms with E-state index >= 15 is 0 Å². The van der Waals surface area contributed by atoms with Crippen LogP contribution in [0.2, 0.25) is 0 Å². The zero-order valence-electron chi connectivity index (χ0n) is 18.2. The Kier molecular flexibility index (Phi) is 9.94. The molecule has 0 aliphatic carbocycles. The Morgan fingerprint density at radius 1 is 1.07 bits per heavy atom. The Labute approximate surface area is 170 Å². The van der Waals surface area contributed by atoms with Gasteiger partial charge in [-0.15, -0.1) is 0 Å². The lowest BCUT2D eigenvalue weighted by Gasteiger charge is -2.37. The van der Waals surface area contributed by atoms with E-state index < -0.39 is 5.60 Å². The van der Waals surface area contributed by atoms with Gasteiger partial charge in [0.1, 0.15) is 0 Å². The predicted octanol–water partition coefficient (Wildman–Crippen LogP) is -0.0185. The summed E-state index contributed by atoms with van der Waals surface area (Å²) in [6, 6.07) is 0.432. The zero-order valence-corrected chi connectivity index (χ0v) is 18.2. The minimum atomic E-state index is -0.860. The quantitative estimate of drug-likeness (QED) is 0.371. The minimum Gasteiger partial charge on any atom is -0.387 e. The number of hydrogen-bond acceptors (Lipinski definition) is 6. The predicted molar refractivity (Wildman–Crippen MR) is 113 cm³/mol. The molecule has 0 radical (unpaired) electrons. The fourth-order valence-electron chi connectivity index (χ4n) is 3.78. The number of guanidine groups is 1. The summed E-state index contributed by atoms with van der Waals surface area (Å²) in [5.74, 6) is 1.31. The average molecular weight is 400 g/mol. The lowest BCUT2D eigenvalue weighted by molar-refractivity contribution is -0.0180. The van der Waals surface area contributed by atoms with Crippen molar-refractivity contribution in [3.8, 4) is 0 Å². The maximum Gasteiger partial charge on any atom is 0.191 e. The smallest absolute Gasteiger partial charge is 0.191 e. The molecule has 0 spiro atoms. The van der Waals surface area contributed by atoms with E-state index in [4.69, 9.17) is 9.47 Å². The maximum absolute atomic E-state index is 10.8. The number of nitrogens with one attached hydrogen (secondary N) is 2. The summed E-state index contributed by atoms with van der Waals surface area (Å²) in [6.45, 7) is 17.8. The van der Waals surface area contributed by atoms with Gasteiger partial charge in [-0.2, -0.15) is 0 Å². The van der Waals surface area contributed by atoms with Crippen LogP contribution in [0.3, 0.4) is 0 Å². The molecule has 0 saturated carbocycles. The fourth-order valence-corrected chi connectivity index (χ4v) is 3.78. The number of morpholine rings is 2. The highest BCUT2D eigenvalue weighted by molar-refractivity contribution is 5.79. The third kappa shape index (κ3) is 8.21. The molecule has 2 rings (SSSR count). The molecule has 0 aromatic heterocycles. The van der Waals surface area contributed by atoms with Gasteiger partial charge in [-0.25, -0.2) is 0 Å². The first-order valence-electron chi connectivity index (χ1n) is 10.8. The van der Waals surface area contributed by atoms with Gasteiger partial charge in [-0.1, -0.05) is 13.8 Å². The van der Waals surface area contributed by atoms with Crippen molar-refractivity contribution in [2.75, 3.05) is 78.8 Å². The van der Waals surface area contributed by atoms with Gasteiger partial charge in [-0.3, -0.25) is 14.8 Å². The van der Waals surface area contributed by atoms with Crippen LogP contribution in [0.1, 0.15) is 27.7 Å². The largest absolute Gasteiger partial charge is 0.387 e. The molecule has 0 aromatic rings.